The van der Waals surface area contributed by atoms with E-state index in [0.29, 0.717) is 24.2 Å². The molecule has 2 fully saturated rings. The lowest BCUT2D eigenvalue weighted by molar-refractivity contribution is -0.162. The van der Waals surface area contributed by atoms with E-state index in [4.69, 9.17) is 14.2 Å². The predicted molar refractivity (Wildman–Crippen MR) is 83.6 cm³/mol. The second-order valence-electron chi connectivity index (χ2n) is 6.85. The van der Waals surface area contributed by atoms with Crippen LogP contribution in [0.3, 0.4) is 0 Å². The zero-order valence-electron chi connectivity index (χ0n) is 14.3. The summed E-state index contributed by atoms with van der Waals surface area (Å²) < 4.78 is 18.1. The summed E-state index contributed by atoms with van der Waals surface area (Å²) in [5.74, 6) is 0. The second kappa shape index (κ2) is 7.38. The van der Waals surface area contributed by atoms with Crippen molar-refractivity contribution in [2.24, 2.45) is 0 Å². The van der Waals surface area contributed by atoms with Gasteiger partial charge in [0, 0.05) is 24.2 Å². The second-order valence-corrected chi connectivity index (χ2v) is 6.85. The lowest BCUT2D eigenvalue weighted by Crippen LogP contribution is -2.58. The van der Waals surface area contributed by atoms with Crippen molar-refractivity contribution < 1.29 is 14.2 Å². The maximum atomic E-state index is 6.21. The van der Waals surface area contributed by atoms with Gasteiger partial charge in [0.2, 0.25) is 0 Å². The van der Waals surface area contributed by atoms with Gasteiger partial charge in [-0.15, -0.1) is 0 Å². The van der Waals surface area contributed by atoms with Crippen LogP contribution in [0.2, 0.25) is 0 Å². The molecule has 0 saturated carbocycles. The standard InChI is InChI=1S/C16H32N2O3/c1-9-7-19-15(11(3)17-9)13(5)21-14(6)16-12(4)18-10(2)8-20-16/h9-18H,7-8H2,1-6H3. The molecule has 5 nitrogen and oxygen atoms in total. The van der Waals surface area contributed by atoms with Crippen molar-refractivity contribution in [3.63, 3.8) is 0 Å². The zero-order valence-corrected chi connectivity index (χ0v) is 14.3. The fourth-order valence-electron chi connectivity index (χ4n) is 3.56. The molecule has 2 heterocycles. The van der Waals surface area contributed by atoms with E-state index in [-0.39, 0.29) is 24.4 Å². The Bertz CT molecular complexity index is 299. The highest BCUT2D eigenvalue weighted by Crippen LogP contribution is 2.20. The summed E-state index contributed by atoms with van der Waals surface area (Å²) >= 11 is 0. The average molecular weight is 300 g/mol. The van der Waals surface area contributed by atoms with Crippen molar-refractivity contribution in [3.05, 3.63) is 0 Å². The van der Waals surface area contributed by atoms with Crippen LogP contribution >= 0.6 is 0 Å². The molecule has 21 heavy (non-hydrogen) atoms. The first-order valence-corrected chi connectivity index (χ1v) is 8.29. The number of rotatable bonds is 4. The molecular weight excluding hydrogens is 268 g/mol. The van der Waals surface area contributed by atoms with Gasteiger partial charge in [-0.1, -0.05) is 0 Å². The van der Waals surface area contributed by atoms with E-state index in [1.54, 1.807) is 0 Å². The van der Waals surface area contributed by atoms with Crippen molar-refractivity contribution in [3.8, 4) is 0 Å². The van der Waals surface area contributed by atoms with E-state index in [1.165, 1.54) is 0 Å². The molecule has 2 saturated heterocycles. The van der Waals surface area contributed by atoms with Crippen LogP contribution in [0.4, 0.5) is 0 Å². The summed E-state index contributed by atoms with van der Waals surface area (Å²) in [5, 5.41) is 7.06. The van der Waals surface area contributed by atoms with E-state index >= 15 is 0 Å². The number of nitrogens with one attached hydrogen (secondary N) is 2. The number of ether oxygens (including phenoxy) is 3. The van der Waals surface area contributed by atoms with Gasteiger partial charge < -0.3 is 24.8 Å². The molecule has 124 valence electrons. The summed E-state index contributed by atoms with van der Waals surface area (Å²) in [4.78, 5) is 0. The monoisotopic (exact) mass is 300 g/mol. The van der Waals surface area contributed by atoms with Crippen molar-refractivity contribution in [1.82, 2.24) is 10.6 Å². The van der Waals surface area contributed by atoms with Gasteiger partial charge in [-0.25, -0.2) is 0 Å². The molecule has 0 aromatic heterocycles. The Labute approximate surface area is 129 Å². The number of hydrogen-bond acceptors (Lipinski definition) is 5. The average Bonchev–Trinajstić information content (AvgIpc) is 2.37. The Hall–Kier alpha value is -0.200. The van der Waals surface area contributed by atoms with Gasteiger partial charge in [0.15, 0.2) is 0 Å². The van der Waals surface area contributed by atoms with Gasteiger partial charge in [-0.05, 0) is 41.5 Å². The molecule has 2 aliphatic heterocycles. The van der Waals surface area contributed by atoms with Gasteiger partial charge in [-0.3, -0.25) is 0 Å². The minimum atomic E-state index is 0.0464. The first-order chi connectivity index (χ1) is 9.88. The zero-order chi connectivity index (χ0) is 15.6. The summed E-state index contributed by atoms with van der Waals surface area (Å²) in [7, 11) is 0. The summed E-state index contributed by atoms with van der Waals surface area (Å²) in [6.45, 7) is 14.3. The van der Waals surface area contributed by atoms with Gasteiger partial charge in [-0.2, -0.15) is 0 Å². The third-order valence-corrected chi connectivity index (χ3v) is 4.51. The topological polar surface area (TPSA) is 51.8 Å². The lowest BCUT2D eigenvalue weighted by Gasteiger charge is -2.41. The van der Waals surface area contributed by atoms with Crippen LogP contribution in [0.1, 0.15) is 41.5 Å². The molecule has 0 aromatic rings. The highest BCUT2D eigenvalue weighted by Gasteiger charge is 2.35. The Morgan fingerprint density at radius 2 is 1.19 bits per heavy atom. The highest BCUT2D eigenvalue weighted by molar-refractivity contribution is 4.88. The van der Waals surface area contributed by atoms with Crippen molar-refractivity contribution in [2.45, 2.75) is 90.1 Å². The van der Waals surface area contributed by atoms with Crippen LogP contribution in [-0.4, -0.2) is 61.8 Å². The molecule has 2 N–H and O–H groups in total. The summed E-state index contributed by atoms with van der Waals surface area (Å²) in [5.41, 5.74) is 0. The molecule has 0 aliphatic carbocycles. The van der Waals surface area contributed by atoms with Crippen LogP contribution in [0, 0.1) is 0 Å². The Kier molecular flexibility index (Phi) is 6.03. The SMILES string of the molecule is CC1COC(C(C)OC(C)C2OCC(C)NC2C)C(C)N1. The third kappa shape index (κ3) is 4.39. The summed E-state index contributed by atoms with van der Waals surface area (Å²) in [6, 6.07) is 1.43. The largest absolute Gasteiger partial charge is 0.372 e. The fraction of sp³-hybridized carbons (Fsp3) is 1.00. The van der Waals surface area contributed by atoms with Crippen LogP contribution in [0.15, 0.2) is 0 Å². The van der Waals surface area contributed by atoms with Gasteiger partial charge in [0.1, 0.15) is 0 Å². The van der Waals surface area contributed by atoms with Crippen LogP contribution in [0.25, 0.3) is 0 Å². The van der Waals surface area contributed by atoms with E-state index in [9.17, 15) is 0 Å². The Balaban J connectivity index is 1.85. The molecular formula is C16H32N2O3. The normalized spacial score (nSPS) is 44.3. The van der Waals surface area contributed by atoms with Gasteiger partial charge in [0.25, 0.3) is 0 Å². The fourth-order valence-corrected chi connectivity index (χ4v) is 3.56. The maximum absolute atomic E-state index is 6.21. The molecule has 0 bridgehead atoms. The first-order valence-electron chi connectivity index (χ1n) is 8.29. The maximum Gasteiger partial charge on any atom is 0.0984 e. The molecule has 0 aromatic carbocycles. The third-order valence-electron chi connectivity index (χ3n) is 4.51. The Morgan fingerprint density at radius 1 is 0.810 bits per heavy atom. The van der Waals surface area contributed by atoms with Crippen LogP contribution in [0.5, 0.6) is 0 Å². The number of hydrogen-bond donors (Lipinski definition) is 2. The summed E-state index contributed by atoms with van der Waals surface area (Å²) in [6.07, 6.45) is 0.277. The molecule has 0 amide bonds. The molecule has 0 spiro atoms. The van der Waals surface area contributed by atoms with E-state index in [2.05, 4.69) is 52.2 Å². The molecule has 2 aliphatic rings. The smallest absolute Gasteiger partial charge is 0.0984 e. The minimum absolute atomic E-state index is 0.0464. The van der Waals surface area contributed by atoms with E-state index < -0.39 is 0 Å². The molecule has 0 radical (unpaired) electrons. The Morgan fingerprint density at radius 3 is 1.52 bits per heavy atom. The molecule has 5 heteroatoms. The highest BCUT2D eigenvalue weighted by atomic mass is 16.6. The molecule has 8 unspecified atom stereocenters. The minimum Gasteiger partial charge on any atom is -0.372 e. The molecule has 8 atom stereocenters. The van der Waals surface area contributed by atoms with E-state index in [1.807, 2.05) is 0 Å². The van der Waals surface area contributed by atoms with Crippen molar-refractivity contribution in [1.29, 1.82) is 0 Å². The lowest BCUT2D eigenvalue weighted by atomic mass is 10.0. The van der Waals surface area contributed by atoms with Gasteiger partial charge >= 0.3 is 0 Å². The predicted octanol–water partition coefficient (Wildman–Crippen LogP) is 1.31. The van der Waals surface area contributed by atoms with Crippen LogP contribution in [-0.2, 0) is 14.2 Å². The molecule has 2 rings (SSSR count). The van der Waals surface area contributed by atoms with E-state index in [0.717, 1.165) is 13.2 Å². The van der Waals surface area contributed by atoms with Crippen molar-refractivity contribution in [2.75, 3.05) is 13.2 Å². The van der Waals surface area contributed by atoms with Gasteiger partial charge in [0.05, 0.1) is 37.6 Å². The number of morpholine rings is 2. The quantitative estimate of drug-likeness (QED) is 0.820. The first kappa shape index (κ1) is 17.2. The van der Waals surface area contributed by atoms with Crippen LogP contribution < -0.4 is 10.6 Å². The van der Waals surface area contributed by atoms with Crippen molar-refractivity contribution >= 4 is 0 Å².